The van der Waals surface area contributed by atoms with Crippen LogP contribution in [0.25, 0.3) is 5.82 Å². The lowest BCUT2D eigenvalue weighted by Crippen LogP contribution is -2.08. The predicted octanol–water partition coefficient (Wildman–Crippen LogP) is 1.96. The van der Waals surface area contributed by atoms with Gasteiger partial charge in [0.05, 0.1) is 6.20 Å². The van der Waals surface area contributed by atoms with Crippen LogP contribution in [-0.2, 0) is 6.42 Å². The van der Waals surface area contributed by atoms with E-state index in [2.05, 4.69) is 27.3 Å². The van der Waals surface area contributed by atoms with Gasteiger partial charge < -0.3 is 5.32 Å². The second-order valence-electron chi connectivity index (χ2n) is 3.99. The number of aromatic nitrogens is 4. The molecule has 0 radical (unpaired) electrons. The zero-order valence-corrected chi connectivity index (χ0v) is 10.4. The van der Waals surface area contributed by atoms with E-state index in [9.17, 15) is 0 Å². The Morgan fingerprint density at radius 2 is 2.18 bits per heavy atom. The third-order valence-corrected chi connectivity index (χ3v) is 2.59. The van der Waals surface area contributed by atoms with Crippen molar-refractivity contribution in [3.05, 3.63) is 29.8 Å². The molecule has 0 aliphatic rings. The first-order chi connectivity index (χ1) is 8.26. The van der Waals surface area contributed by atoms with E-state index in [0.717, 1.165) is 35.6 Å². The third-order valence-electron chi connectivity index (χ3n) is 2.59. The molecule has 0 saturated carbocycles. The SMILES string of the molecule is CCCc1c(NC)ncnc1-n1cc(C)cn1. The zero-order chi connectivity index (χ0) is 12.3. The van der Waals surface area contributed by atoms with Crippen molar-refractivity contribution in [1.29, 1.82) is 0 Å². The average Bonchev–Trinajstić information content (AvgIpc) is 2.76. The molecule has 5 heteroatoms. The molecule has 2 aromatic rings. The number of aryl methyl sites for hydroxylation is 1. The van der Waals surface area contributed by atoms with Gasteiger partial charge in [0.25, 0.3) is 0 Å². The first-order valence-corrected chi connectivity index (χ1v) is 5.79. The van der Waals surface area contributed by atoms with Gasteiger partial charge in [-0.1, -0.05) is 13.3 Å². The number of anilines is 1. The van der Waals surface area contributed by atoms with Gasteiger partial charge in [0.2, 0.25) is 0 Å². The van der Waals surface area contributed by atoms with Crippen molar-refractivity contribution in [3.63, 3.8) is 0 Å². The molecule has 2 heterocycles. The van der Waals surface area contributed by atoms with E-state index in [0.29, 0.717) is 0 Å². The first-order valence-electron chi connectivity index (χ1n) is 5.79. The number of nitrogens with one attached hydrogen (secondary N) is 1. The molecule has 0 spiro atoms. The fourth-order valence-electron chi connectivity index (χ4n) is 1.82. The summed E-state index contributed by atoms with van der Waals surface area (Å²) in [5.74, 6) is 1.74. The maximum Gasteiger partial charge on any atom is 0.161 e. The number of hydrogen-bond donors (Lipinski definition) is 1. The van der Waals surface area contributed by atoms with Crippen molar-refractivity contribution >= 4 is 5.82 Å². The molecule has 0 unspecified atom stereocenters. The minimum atomic E-state index is 0.860. The average molecular weight is 231 g/mol. The second kappa shape index (κ2) is 4.95. The molecule has 1 N–H and O–H groups in total. The summed E-state index contributed by atoms with van der Waals surface area (Å²) in [6, 6.07) is 0. The van der Waals surface area contributed by atoms with E-state index in [-0.39, 0.29) is 0 Å². The van der Waals surface area contributed by atoms with Crippen LogP contribution in [-0.4, -0.2) is 26.8 Å². The highest BCUT2D eigenvalue weighted by Crippen LogP contribution is 2.20. The minimum Gasteiger partial charge on any atom is -0.373 e. The topological polar surface area (TPSA) is 55.6 Å². The molecule has 0 fully saturated rings. The molecule has 0 aliphatic carbocycles. The Bertz CT molecular complexity index is 503. The maximum absolute atomic E-state index is 4.34. The monoisotopic (exact) mass is 231 g/mol. The predicted molar refractivity (Wildman–Crippen MR) is 67.4 cm³/mol. The summed E-state index contributed by atoms with van der Waals surface area (Å²) in [5.41, 5.74) is 2.23. The molecule has 0 amide bonds. The van der Waals surface area contributed by atoms with Gasteiger partial charge in [-0.2, -0.15) is 5.10 Å². The third kappa shape index (κ3) is 2.27. The first kappa shape index (κ1) is 11.6. The van der Waals surface area contributed by atoms with E-state index >= 15 is 0 Å². The largest absolute Gasteiger partial charge is 0.373 e. The van der Waals surface area contributed by atoms with Crippen LogP contribution in [0.5, 0.6) is 0 Å². The van der Waals surface area contributed by atoms with E-state index in [4.69, 9.17) is 0 Å². The standard InChI is InChI=1S/C12H17N5/c1-4-5-10-11(13-3)14-8-15-12(10)17-7-9(2)6-16-17/h6-8H,4-5H2,1-3H3,(H,13,14,15). The number of nitrogens with zero attached hydrogens (tertiary/aromatic N) is 4. The number of hydrogen-bond acceptors (Lipinski definition) is 4. The summed E-state index contributed by atoms with van der Waals surface area (Å²) in [6.07, 6.45) is 7.36. The molecule has 0 aromatic carbocycles. The van der Waals surface area contributed by atoms with E-state index in [1.807, 2.05) is 31.0 Å². The highest BCUT2D eigenvalue weighted by molar-refractivity contribution is 5.51. The molecule has 0 atom stereocenters. The number of rotatable bonds is 4. The summed E-state index contributed by atoms with van der Waals surface area (Å²) < 4.78 is 1.81. The zero-order valence-electron chi connectivity index (χ0n) is 10.4. The van der Waals surface area contributed by atoms with Crippen LogP contribution in [0.3, 0.4) is 0 Å². The van der Waals surface area contributed by atoms with Crippen LogP contribution in [0.1, 0.15) is 24.5 Å². The van der Waals surface area contributed by atoms with Crippen molar-refractivity contribution in [2.75, 3.05) is 12.4 Å². The summed E-state index contributed by atoms with van der Waals surface area (Å²) in [4.78, 5) is 8.58. The molecule has 90 valence electrons. The lowest BCUT2D eigenvalue weighted by Gasteiger charge is -2.11. The van der Waals surface area contributed by atoms with Crippen LogP contribution in [0.15, 0.2) is 18.7 Å². The highest BCUT2D eigenvalue weighted by Gasteiger charge is 2.11. The Morgan fingerprint density at radius 1 is 1.35 bits per heavy atom. The van der Waals surface area contributed by atoms with Crippen molar-refractivity contribution in [3.8, 4) is 5.82 Å². The van der Waals surface area contributed by atoms with Crippen molar-refractivity contribution in [1.82, 2.24) is 19.7 Å². The van der Waals surface area contributed by atoms with Gasteiger partial charge in [0, 0.05) is 18.8 Å². The molecular weight excluding hydrogens is 214 g/mol. The van der Waals surface area contributed by atoms with E-state index in [1.165, 1.54) is 0 Å². The Kier molecular flexibility index (Phi) is 3.37. The van der Waals surface area contributed by atoms with Crippen LogP contribution >= 0.6 is 0 Å². The van der Waals surface area contributed by atoms with Crippen LogP contribution in [0.4, 0.5) is 5.82 Å². The quantitative estimate of drug-likeness (QED) is 0.874. The lowest BCUT2D eigenvalue weighted by atomic mass is 10.1. The summed E-state index contributed by atoms with van der Waals surface area (Å²) in [5, 5.41) is 7.41. The van der Waals surface area contributed by atoms with E-state index in [1.54, 1.807) is 6.33 Å². The minimum absolute atomic E-state index is 0.860. The maximum atomic E-state index is 4.34. The van der Waals surface area contributed by atoms with Crippen LogP contribution < -0.4 is 5.32 Å². The van der Waals surface area contributed by atoms with Gasteiger partial charge in [-0.15, -0.1) is 0 Å². The molecule has 17 heavy (non-hydrogen) atoms. The summed E-state index contributed by atoms with van der Waals surface area (Å²) in [7, 11) is 1.87. The van der Waals surface area contributed by atoms with Gasteiger partial charge in [-0.3, -0.25) is 0 Å². The normalized spacial score (nSPS) is 10.5. The second-order valence-corrected chi connectivity index (χ2v) is 3.99. The Morgan fingerprint density at radius 3 is 2.76 bits per heavy atom. The summed E-state index contributed by atoms with van der Waals surface area (Å²) in [6.45, 7) is 4.16. The van der Waals surface area contributed by atoms with Gasteiger partial charge >= 0.3 is 0 Å². The van der Waals surface area contributed by atoms with Crippen LogP contribution in [0.2, 0.25) is 0 Å². The van der Waals surface area contributed by atoms with Gasteiger partial charge in [0.15, 0.2) is 5.82 Å². The molecular formula is C12H17N5. The smallest absolute Gasteiger partial charge is 0.161 e. The Hall–Kier alpha value is -1.91. The molecule has 2 aromatic heterocycles. The van der Waals surface area contributed by atoms with Crippen molar-refractivity contribution in [2.45, 2.75) is 26.7 Å². The molecule has 0 aliphatic heterocycles. The van der Waals surface area contributed by atoms with Crippen molar-refractivity contribution in [2.24, 2.45) is 0 Å². The Balaban J connectivity index is 2.52. The highest BCUT2D eigenvalue weighted by atomic mass is 15.3. The van der Waals surface area contributed by atoms with Crippen LogP contribution in [0, 0.1) is 6.92 Å². The molecule has 0 saturated heterocycles. The van der Waals surface area contributed by atoms with Gasteiger partial charge in [0.1, 0.15) is 12.1 Å². The van der Waals surface area contributed by atoms with Gasteiger partial charge in [-0.25, -0.2) is 14.6 Å². The molecule has 2 rings (SSSR count). The lowest BCUT2D eigenvalue weighted by molar-refractivity contribution is 0.800. The molecule has 0 bridgehead atoms. The fourth-order valence-corrected chi connectivity index (χ4v) is 1.82. The fraction of sp³-hybridized carbons (Fsp3) is 0.417. The Labute approximate surface area is 101 Å². The van der Waals surface area contributed by atoms with Gasteiger partial charge in [-0.05, 0) is 18.9 Å². The molecule has 5 nitrogen and oxygen atoms in total. The summed E-state index contributed by atoms with van der Waals surface area (Å²) >= 11 is 0. The van der Waals surface area contributed by atoms with Crippen molar-refractivity contribution < 1.29 is 0 Å². The van der Waals surface area contributed by atoms with E-state index < -0.39 is 0 Å².